The minimum atomic E-state index is -0.272. The van der Waals surface area contributed by atoms with E-state index in [1.54, 1.807) is 4.57 Å². The maximum Gasteiger partial charge on any atom is 0.261 e. The number of hydrogen-bond donors (Lipinski definition) is 0. The average molecular weight is 293 g/mol. The molecule has 20 heavy (non-hydrogen) atoms. The van der Waals surface area contributed by atoms with Crippen molar-refractivity contribution in [2.45, 2.75) is 45.5 Å². The number of fused-ring (bicyclic) bond motifs is 1. The second kappa shape index (κ2) is 6.40. The summed E-state index contributed by atoms with van der Waals surface area (Å²) in [6.07, 6.45) is 2.06. The van der Waals surface area contributed by atoms with Gasteiger partial charge in [-0.3, -0.25) is 9.36 Å². The van der Waals surface area contributed by atoms with Gasteiger partial charge < -0.3 is 0 Å². The van der Waals surface area contributed by atoms with Crippen molar-refractivity contribution < 1.29 is 0 Å². The molecule has 0 radical (unpaired) electrons. The standard InChI is InChI=1S/C16H21ClN2O/c1-11(2)7-6-10-19-15(12(3)17)18-14-9-5-4-8-13(14)16(19)20/h4-5,8-9,11-12H,6-7,10H2,1-3H3. The van der Waals surface area contributed by atoms with Crippen LogP contribution in [0.5, 0.6) is 0 Å². The summed E-state index contributed by atoms with van der Waals surface area (Å²) in [7, 11) is 0. The van der Waals surface area contributed by atoms with E-state index < -0.39 is 0 Å². The Balaban J connectivity index is 2.47. The molecule has 0 aliphatic heterocycles. The summed E-state index contributed by atoms with van der Waals surface area (Å²) in [6, 6.07) is 7.44. The fourth-order valence-electron chi connectivity index (χ4n) is 2.36. The first kappa shape index (κ1) is 15.0. The molecule has 0 saturated carbocycles. The summed E-state index contributed by atoms with van der Waals surface area (Å²) in [5.74, 6) is 1.30. The Morgan fingerprint density at radius 1 is 1.25 bits per heavy atom. The fraction of sp³-hybridized carbons (Fsp3) is 0.500. The van der Waals surface area contributed by atoms with Crippen LogP contribution in [0.1, 0.15) is 44.8 Å². The third-order valence-corrected chi connectivity index (χ3v) is 3.61. The van der Waals surface area contributed by atoms with Crippen molar-refractivity contribution in [3.8, 4) is 0 Å². The molecule has 1 heterocycles. The molecule has 0 spiro atoms. The second-order valence-electron chi connectivity index (χ2n) is 5.60. The second-order valence-corrected chi connectivity index (χ2v) is 6.25. The van der Waals surface area contributed by atoms with Crippen LogP contribution < -0.4 is 5.56 Å². The van der Waals surface area contributed by atoms with E-state index in [9.17, 15) is 4.79 Å². The summed E-state index contributed by atoms with van der Waals surface area (Å²) in [4.78, 5) is 17.2. The van der Waals surface area contributed by atoms with E-state index in [4.69, 9.17) is 11.6 Å². The quantitative estimate of drug-likeness (QED) is 0.777. The highest BCUT2D eigenvalue weighted by Crippen LogP contribution is 2.19. The highest BCUT2D eigenvalue weighted by atomic mass is 35.5. The molecule has 4 heteroatoms. The number of benzene rings is 1. The molecule has 1 aromatic carbocycles. The van der Waals surface area contributed by atoms with Crippen LogP contribution in [0, 0.1) is 5.92 Å². The van der Waals surface area contributed by atoms with Crippen LogP contribution >= 0.6 is 11.6 Å². The fourth-order valence-corrected chi connectivity index (χ4v) is 2.53. The summed E-state index contributed by atoms with van der Waals surface area (Å²) < 4.78 is 1.74. The first-order valence-electron chi connectivity index (χ1n) is 7.14. The molecule has 0 aliphatic rings. The summed E-state index contributed by atoms with van der Waals surface area (Å²) >= 11 is 6.20. The van der Waals surface area contributed by atoms with Crippen LogP contribution in [0.2, 0.25) is 0 Å². The van der Waals surface area contributed by atoms with Gasteiger partial charge in [0, 0.05) is 6.54 Å². The number of rotatable bonds is 5. The Labute approximate surface area is 124 Å². The van der Waals surface area contributed by atoms with Gasteiger partial charge in [0.05, 0.1) is 16.3 Å². The van der Waals surface area contributed by atoms with Gasteiger partial charge in [-0.1, -0.05) is 26.0 Å². The molecule has 0 saturated heterocycles. The van der Waals surface area contributed by atoms with E-state index in [0.717, 1.165) is 18.4 Å². The number of alkyl halides is 1. The zero-order valence-electron chi connectivity index (χ0n) is 12.3. The van der Waals surface area contributed by atoms with Crippen LogP contribution in [-0.4, -0.2) is 9.55 Å². The number of hydrogen-bond acceptors (Lipinski definition) is 2. The molecule has 0 aliphatic carbocycles. The zero-order valence-corrected chi connectivity index (χ0v) is 13.0. The number of nitrogens with zero attached hydrogens (tertiary/aromatic N) is 2. The minimum absolute atomic E-state index is 0.0156. The van der Waals surface area contributed by atoms with Crippen molar-refractivity contribution in [1.82, 2.24) is 9.55 Å². The highest BCUT2D eigenvalue weighted by molar-refractivity contribution is 6.20. The normalized spacial score (nSPS) is 13.1. The number of para-hydroxylation sites is 1. The number of aromatic nitrogens is 2. The maximum absolute atomic E-state index is 12.6. The van der Waals surface area contributed by atoms with Gasteiger partial charge in [0.25, 0.3) is 5.56 Å². The lowest BCUT2D eigenvalue weighted by atomic mass is 10.1. The van der Waals surface area contributed by atoms with Gasteiger partial charge in [-0.15, -0.1) is 11.6 Å². The van der Waals surface area contributed by atoms with Crippen LogP contribution in [0.3, 0.4) is 0 Å². The molecule has 0 fully saturated rings. The Morgan fingerprint density at radius 2 is 1.95 bits per heavy atom. The van der Waals surface area contributed by atoms with E-state index >= 15 is 0 Å². The van der Waals surface area contributed by atoms with Crippen LogP contribution in [0.25, 0.3) is 10.9 Å². The van der Waals surface area contributed by atoms with Crippen molar-refractivity contribution in [2.24, 2.45) is 5.92 Å². The SMILES string of the molecule is CC(C)CCCn1c(C(C)Cl)nc2ccccc2c1=O. The molecule has 1 aromatic heterocycles. The lowest BCUT2D eigenvalue weighted by Crippen LogP contribution is -2.26. The predicted octanol–water partition coefficient (Wildman–Crippen LogP) is 4.13. The molecular formula is C16H21ClN2O. The van der Waals surface area contributed by atoms with E-state index in [0.29, 0.717) is 23.7 Å². The van der Waals surface area contributed by atoms with Gasteiger partial charge in [0.15, 0.2) is 0 Å². The topological polar surface area (TPSA) is 34.9 Å². The van der Waals surface area contributed by atoms with Crippen molar-refractivity contribution in [3.05, 3.63) is 40.4 Å². The monoisotopic (exact) mass is 292 g/mol. The van der Waals surface area contributed by atoms with Gasteiger partial charge in [0.1, 0.15) is 5.82 Å². The summed E-state index contributed by atoms with van der Waals surface area (Å²) in [5.41, 5.74) is 0.738. The molecule has 2 rings (SSSR count). The van der Waals surface area contributed by atoms with Crippen LogP contribution in [0.4, 0.5) is 0 Å². The first-order valence-corrected chi connectivity index (χ1v) is 7.58. The highest BCUT2D eigenvalue weighted by Gasteiger charge is 2.14. The van der Waals surface area contributed by atoms with Gasteiger partial charge >= 0.3 is 0 Å². The average Bonchev–Trinajstić information content (AvgIpc) is 2.40. The van der Waals surface area contributed by atoms with Gasteiger partial charge in [0.2, 0.25) is 0 Å². The molecule has 3 nitrogen and oxygen atoms in total. The minimum Gasteiger partial charge on any atom is -0.295 e. The summed E-state index contributed by atoms with van der Waals surface area (Å²) in [6.45, 7) is 6.91. The van der Waals surface area contributed by atoms with E-state index in [1.807, 2.05) is 31.2 Å². The lowest BCUT2D eigenvalue weighted by molar-refractivity contribution is 0.494. The number of halogens is 1. The Morgan fingerprint density at radius 3 is 2.60 bits per heavy atom. The van der Waals surface area contributed by atoms with Crippen LogP contribution in [-0.2, 0) is 6.54 Å². The van der Waals surface area contributed by atoms with E-state index in [1.165, 1.54) is 0 Å². The van der Waals surface area contributed by atoms with Crippen molar-refractivity contribution in [1.29, 1.82) is 0 Å². The van der Waals surface area contributed by atoms with E-state index in [-0.39, 0.29) is 10.9 Å². The third-order valence-electron chi connectivity index (χ3n) is 3.41. The zero-order chi connectivity index (χ0) is 14.7. The lowest BCUT2D eigenvalue weighted by Gasteiger charge is -2.15. The third kappa shape index (κ3) is 3.21. The summed E-state index contributed by atoms with van der Waals surface area (Å²) in [5, 5.41) is 0.393. The molecule has 0 bridgehead atoms. The first-order chi connectivity index (χ1) is 9.50. The molecule has 108 valence electrons. The van der Waals surface area contributed by atoms with Gasteiger partial charge in [-0.05, 0) is 37.8 Å². The Hall–Kier alpha value is -1.35. The smallest absolute Gasteiger partial charge is 0.261 e. The largest absolute Gasteiger partial charge is 0.295 e. The van der Waals surface area contributed by atoms with Crippen molar-refractivity contribution in [2.75, 3.05) is 0 Å². The Kier molecular flexibility index (Phi) is 4.81. The van der Waals surface area contributed by atoms with Crippen molar-refractivity contribution in [3.63, 3.8) is 0 Å². The van der Waals surface area contributed by atoms with Gasteiger partial charge in [-0.2, -0.15) is 0 Å². The Bertz CT molecular complexity index is 646. The maximum atomic E-state index is 12.6. The van der Waals surface area contributed by atoms with Crippen molar-refractivity contribution >= 4 is 22.5 Å². The molecular weight excluding hydrogens is 272 g/mol. The molecule has 2 aromatic rings. The molecule has 0 amide bonds. The molecule has 0 N–H and O–H groups in total. The predicted molar refractivity (Wildman–Crippen MR) is 84.3 cm³/mol. The van der Waals surface area contributed by atoms with E-state index in [2.05, 4.69) is 18.8 Å². The van der Waals surface area contributed by atoms with Crippen LogP contribution in [0.15, 0.2) is 29.1 Å². The molecule has 1 unspecified atom stereocenters. The molecule has 1 atom stereocenters. The van der Waals surface area contributed by atoms with Gasteiger partial charge in [-0.25, -0.2) is 4.98 Å².